The molecule has 9 heteroatoms. The summed E-state index contributed by atoms with van der Waals surface area (Å²) in [5, 5.41) is 15.0. The predicted molar refractivity (Wildman–Crippen MR) is 173 cm³/mol. The van der Waals surface area contributed by atoms with Gasteiger partial charge in [-0.2, -0.15) is 0 Å². The summed E-state index contributed by atoms with van der Waals surface area (Å²) >= 11 is 0. The van der Waals surface area contributed by atoms with Crippen molar-refractivity contribution in [3.8, 4) is 0 Å². The molecule has 8 unspecified atom stereocenters. The number of piperidine rings is 1. The highest BCUT2D eigenvalue weighted by Gasteiger charge is 2.87. The van der Waals surface area contributed by atoms with Crippen LogP contribution in [0.25, 0.3) is 0 Å². The molecular formula is C36H63N3O6+2. The number of fused-ring (bicyclic) bond motifs is 2. The van der Waals surface area contributed by atoms with Crippen molar-refractivity contribution < 1.29 is 39.6 Å². The Balaban J connectivity index is 1.61. The molecule has 0 bridgehead atoms. The summed E-state index contributed by atoms with van der Waals surface area (Å²) in [4.78, 5) is 43.3. The Morgan fingerprint density at radius 3 is 2.64 bits per heavy atom. The number of unbranched alkanes of at least 4 members (excludes halogenated alkanes) is 1. The van der Waals surface area contributed by atoms with Crippen molar-refractivity contribution in [1.29, 1.82) is 0 Å². The van der Waals surface area contributed by atoms with E-state index in [-0.39, 0.29) is 49.2 Å². The molecule has 2 saturated heterocycles. The summed E-state index contributed by atoms with van der Waals surface area (Å²) in [7, 11) is 0. The van der Waals surface area contributed by atoms with Gasteiger partial charge in [-0.3, -0.25) is 15.3 Å². The van der Waals surface area contributed by atoms with Gasteiger partial charge in [-0.25, -0.2) is 4.79 Å². The average Bonchev–Trinajstić information content (AvgIpc) is 3.72. The number of nitrogens with two attached hydrogens (primary N) is 3. The van der Waals surface area contributed by atoms with Gasteiger partial charge in [0, 0.05) is 30.6 Å². The van der Waals surface area contributed by atoms with Crippen LogP contribution in [0.15, 0.2) is 11.1 Å². The maximum Gasteiger partial charge on any atom is 0.350 e. The molecule has 0 aromatic rings. The second-order valence-corrected chi connectivity index (χ2v) is 15.2. The molecule has 8 atom stereocenters. The fourth-order valence-corrected chi connectivity index (χ4v) is 8.75. The Morgan fingerprint density at radius 2 is 1.98 bits per heavy atom. The predicted octanol–water partition coefficient (Wildman–Crippen LogP) is 2.39. The van der Waals surface area contributed by atoms with Gasteiger partial charge >= 0.3 is 5.97 Å². The molecule has 45 heavy (non-hydrogen) atoms. The van der Waals surface area contributed by atoms with Crippen LogP contribution in [0.1, 0.15) is 112 Å². The molecule has 2 saturated carbocycles. The number of aliphatic hydroxyl groups is 1. The number of esters is 1. The minimum absolute atomic E-state index is 0.0530. The maximum atomic E-state index is 14.6. The lowest BCUT2D eigenvalue weighted by Crippen LogP contribution is -2.94. The lowest BCUT2D eigenvalue weighted by Gasteiger charge is -2.42. The second kappa shape index (κ2) is 16.0. The second-order valence-electron chi connectivity index (χ2n) is 15.2. The summed E-state index contributed by atoms with van der Waals surface area (Å²) < 4.78 is 12.3. The van der Waals surface area contributed by atoms with Gasteiger partial charge < -0.3 is 25.2 Å². The summed E-state index contributed by atoms with van der Waals surface area (Å²) in [5.41, 5.74) is 4.39. The van der Waals surface area contributed by atoms with E-state index in [0.717, 1.165) is 89.4 Å². The van der Waals surface area contributed by atoms with Crippen LogP contribution in [-0.2, 0) is 23.9 Å². The number of hydrogen-bond donors (Lipinski definition) is 4. The number of quaternary nitrogens is 2. The molecule has 4 rings (SSSR count). The van der Waals surface area contributed by atoms with Crippen molar-refractivity contribution >= 4 is 17.5 Å². The molecular weight excluding hydrogens is 570 g/mol. The number of rotatable bonds is 17. The van der Waals surface area contributed by atoms with Gasteiger partial charge in [-0.1, -0.05) is 45.6 Å². The van der Waals surface area contributed by atoms with Crippen LogP contribution in [0.5, 0.6) is 0 Å². The highest BCUT2D eigenvalue weighted by molar-refractivity contribution is 6.23. The zero-order chi connectivity index (χ0) is 32.8. The van der Waals surface area contributed by atoms with E-state index in [9.17, 15) is 19.5 Å². The van der Waals surface area contributed by atoms with Crippen LogP contribution >= 0.6 is 0 Å². The van der Waals surface area contributed by atoms with Crippen LogP contribution in [-0.4, -0.2) is 72.9 Å². The van der Waals surface area contributed by atoms with Crippen LogP contribution in [0.4, 0.5) is 0 Å². The van der Waals surface area contributed by atoms with Crippen molar-refractivity contribution in [2.24, 2.45) is 41.2 Å². The molecule has 0 amide bonds. The minimum Gasteiger partial charge on any atom is -0.463 e. The number of ether oxygens (including phenoxy) is 2. The Bertz CT molecular complexity index is 1070. The molecule has 9 nitrogen and oxygen atoms in total. The average molecular weight is 634 g/mol. The molecule has 0 radical (unpaired) electrons. The zero-order valence-electron chi connectivity index (χ0n) is 28.8. The zero-order valence-corrected chi connectivity index (χ0v) is 28.8. The van der Waals surface area contributed by atoms with E-state index in [2.05, 4.69) is 38.3 Å². The SMILES string of the molecule is CCCCC(C[NH2+]CC)COC(=O)C12OC1(CC(CO)=C(C)CCC1CC[NH2+]C(N)C1)C(=O)C1CCCC(CC(C)C)C1C2=O. The molecule has 0 aromatic carbocycles. The highest BCUT2D eigenvalue weighted by atomic mass is 16.7. The molecule has 7 N–H and O–H groups in total. The highest BCUT2D eigenvalue weighted by Crippen LogP contribution is 2.63. The van der Waals surface area contributed by atoms with Crippen LogP contribution < -0.4 is 16.4 Å². The first-order chi connectivity index (χ1) is 21.5. The van der Waals surface area contributed by atoms with Crippen LogP contribution in [0, 0.1) is 35.5 Å². The quantitative estimate of drug-likeness (QED) is 0.0831. The van der Waals surface area contributed by atoms with Crippen molar-refractivity contribution in [3.63, 3.8) is 0 Å². The van der Waals surface area contributed by atoms with Crippen molar-refractivity contribution in [3.05, 3.63) is 11.1 Å². The maximum absolute atomic E-state index is 14.6. The van der Waals surface area contributed by atoms with E-state index in [4.69, 9.17) is 15.2 Å². The number of carbonyl (C=O) groups excluding carboxylic acids is 3. The lowest BCUT2D eigenvalue weighted by atomic mass is 9.56. The van der Waals surface area contributed by atoms with Crippen LogP contribution in [0.2, 0.25) is 0 Å². The van der Waals surface area contributed by atoms with E-state index in [1.54, 1.807) is 0 Å². The summed E-state index contributed by atoms with van der Waals surface area (Å²) in [5.74, 6) is -0.930. The molecule has 0 aromatic heterocycles. The minimum atomic E-state index is -1.91. The summed E-state index contributed by atoms with van der Waals surface area (Å²) in [6, 6.07) is 0. The van der Waals surface area contributed by atoms with E-state index < -0.39 is 29.0 Å². The lowest BCUT2D eigenvalue weighted by molar-refractivity contribution is -0.699. The fourth-order valence-electron chi connectivity index (χ4n) is 8.75. The first kappa shape index (κ1) is 36.2. The van der Waals surface area contributed by atoms with E-state index in [0.29, 0.717) is 23.8 Å². The Hall–Kier alpha value is -1.65. The number of carbonyl (C=O) groups is 3. The molecule has 0 spiro atoms. The third-order valence-electron chi connectivity index (χ3n) is 11.4. The van der Waals surface area contributed by atoms with Gasteiger partial charge in [0.15, 0.2) is 17.2 Å². The van der Waals surface area contributed by atoms with Gasteiger partial charge in [0.25, 0.3) is 5.60 Å². The van der Waals surface area contributed by atoms with Crippen LogP contribution in [0.3, 0.4) is 0 Å². The number of ketones is 2. The van der Waals surface area contributed by atoms with Gasteiger partial charge in [0.05, 0.1) is 32.8 Å². The molecule has 256 valence electrons. The molecule has 2 aliphatic carbocycles. The standard InChI is InChI=1S/C36H61N3O6/c1-6-8-10-26(20-38-7-2)22-44-34(43)36-33(42)31-27(17-23(3)4)11-9-12-29(31)32(41)35(36,45-36)19-28(21-40)24(5)13-14-25-15-16-39-30(37)18-25/h23,25-27,29-31,38-40H,6-22,37H2,1-5H3/p+2. The van der Waals surface area contributed by atoms with E-state index in [1.165, 1.54) is 0 Å². The van der Waals surface area contributed by atoms with Crippen molar-refractivity contribution in [2.45, 2.75) is 129 Å². The van der Waals surface area contributed by atoms with E-state index >= 15 is 0 Å². The Morgan fingerprint density at radius 1 is 1.20 bits per heavy atom. The summed E-state index contributed by atoms with van der Waals surface area (Å²) in [6.45, 7) is 13.3. The number of Topliss-reactive ketones (excluding diaryl/α,β-unsaturated/α-hetero) is 2. The third kappa shape index (κ3) is 7.75. The normalized spacial score (nSPS) is 34.2. The van der Waals surface area contributed by atoms with Crippen molar-refractivity contribution in [2.75, 3.05) is 32.8 Å². The molecule has 2 heterocycles. The Kier molecular flexibility index (Phi) is 12.8. The monoisotopic (exact) mass is 633 g/mol. The van der Waals surface area contributed by atoms with Gasteiger partial charge in [-0.05, 0) is 82.1 Å². The molecule has 4 aliphatic rings. The number of epoxide rings is 1. The first-order valence-electron chi connectivity index (χ1n) is 18.2. The smallest absolute Gasteiger partial charge is 0.350 e. The Labute approximate surface area is 271 Å². The molecule has 2 aliphatic heterocycles. The number of allylic oxidation sites excluding steroid dienone is 1. The van der Waals surface area contributed by atoms with Gasteiger partial charge in [0.1, 0.15) is 6.17 Å². The molecule has 4 fully saturated rings. The van der Waals surface area contributed by atoms with Crippen molar-refractivity contribution in [1.82, 2.24) is 0 Å². The first-order valence-corrected chi connectivity index (χ1v) is 18.2. The van der Waals surface area contributed by atoms with E-state index in [1.807, 2.05) is 6.92 Å². The largest absolute Gasteiger partial charge is 0.463 e. The fraction of sp³-hybridized carbons (Fsp3) is 0.861. The summed E-state index contributed by atoms with van der Waals surface area (Å²) in [6.07, 6.45) is 10.3. The van der Waals surface area contributed by atoms with Gasteiger partial charge in [0.2, 0.25) is 0 Å². The topological polar surface area (TPSA) is 152 Å². The number of hydrogen-bond acceptors (Lipinski definition) is 7. The van der Waals surface area contributed by atoms with Gasteiger partial charge in [-0.15, -0.1) is 0 Å². The number of aliphatic hydroxyl groups excluding tert-OH is 1. The third-order valence-corrected chi connectivity index (χ3v) is 11.4.